The molecule has 138 valence electrons. The van der Waals surface area contributed by atoms with Gasteiger partial charge in [0.25, 0.3) is 5.91 Å². The van der Waals surface area contributed by atoms with Gasteiger partial charge < -0.3 is 14.4 Å². The van der Waals surface area contributed by atoms with Crippen molar-refractivity contribution in [2.24, 2.45) is 0 Å². The van der Waals surface area contributed by atoms with Gasteiger partial charge in [0.05, 0.1) is 11.8 Å². The van der Waals surface area contributed by atoms with E-state index in [4.69, 9.17) is 9.52 Å². The lowest BCUT2D eigenvalue weighted by atomic mass is 10.0. The number of carboxylic acid groups (broad SMARTS) is 1. The third-order valence-electron chi connectivity index (χ3n) is 5.06. The van der Waals surface area contributed by atoms with Crippen molar-refractivity contribution in [2.75, 3.05) is 6.54 Å². The van der Waals surface area contributed by atoms with Crippen LogP contribution >= 0.6 is 0 Å². The third kappa shape index (κ3) is 4.15. The number of carboxylic acids is 1. The molecule has 1 unspecified atom stereocenters. The van der Waals surface area contributed by atoms with E-state index < -0.39 is 5.97 Å². The van der Waals surface area contributed by atoms with E-state index >= 15 is 0 Å². The van der Waals surface area contributed by atoms with Gasteiger partial charge in [0.2, 0.25) is 0 Å². The van der Waals surface area contributed by atoms with Gasteiger partial charge in [0, 0.05) is 18.2 Å². The molecule has 5 heteroatoms. The summed E-state index contributed by atoms with van der Waals surface area (Å²) < 4.78 is 5.33. The lowest BCUT2D eigenvalue weighted by molar-refractivity contribution is -0.136. The fourth-order valence-corrected chi connectivity index (χ4v) is 3.79. The summed E-state index contributed by atoms with van der Waals surface area (Å²) in [5.74, 6) is -0.820. The molecule has 0 spiro atoms. The molecule has 3 rings (SSSR count). The molecule has 1 aliphatic rings. The van der Waals surface area contributed by atoms with Crippen molar-refractivity contribution in [2.45, 2.75) is 51.5 Å². The first-order valence-corrected chi connectivity index (χ1v) is 9.20. The monoisotopic (exact) mass is 355 g/mol. The van der Waals surface area contributed by atoms with Crippen LogP contribution in [0.2, 0.25) is 0 Å². The second-order valence-electron chi connectivity index (χ2n) is 6.96. The highest BCUT2D eigenvalue weighted by molar-refractivity contribution is 5.97. The lowest BCUT2D eigenvalue weighted by Gasteiger charge is -2.25. The van der Waals surface area contributed by atoms with Gasteiger partial charge in [-0.2, -0.15) is 0 Å². The van der Waals surface area contributed by atoms with E-state index in [2.05, 4.69) is 12.1 Å². The maximum absolute atomic E-state index is 13.0. The Kier molecular flexibility index (Phi) is 5.76. The fourth-order valence-electron chi connectivity index (χ4n) is 3.79. The van der Waals surface area contributed by atoms with Crippen molar-refractivity contribution in [3.63, 3.8) is 0 Å². The van der Waals surface area contributed by atoms with Crippen LogP contribution in [0.15, 0.2) is 41.0 Å². The Morgan fingerprint density at radius 3 is 2.77 bits per heavy atom. The molecule has 1 atom stereocenters. The van der Waals surface area contributed by atoms with E-state index in [1.54, 1.807) is 6.92 Å². The summed E-state index contributed by atoms with van der Waals surface area (Å²) in [6, 6.07) is 10.6. The molecule has 0 bridgehead atoms. The maximum atomic E-state index is 13.0. The number of benzene rings is 1. The standard InChI is InChI=1S/C21H25NO4/c1-15-14-26-18(13-19(23)24)20(15)21(25)22-12-6-11-17(22)10-5-9-16-7-3-2-4-8-16/h2-4,7-8,14,17H,5-6,9-13H2,1H3,(H,23,24). The van der Waals surface area contributed by atoms with Crippen molar-refractivity contribution in [3.8, 4) is 0 Å². The lowest BCUT2D eigenvalue weighted by Crippen LogP contribution is -2.36. The highest BCUT2D eigenvalue weighted by atomic mass is 16.4. The average Bonchev–Trinajstić information content (AvgIpc) is 3.22. The van der Waals surface area contributed by atoms with Crippen LogP contribution in [-0.4, -0.2) is 34.5 Å². The molecule has 1 aliphatic heterocycles. The predicted molar refractivity (Wildman–Crippen MR) is 98.2 cm³/mol. The summed E-state index contributed by atoms with van der Waals surface area (Å²) in [5, 5.41) is 9.04. The Hall–Kier alpha value is -2.56. The van der Waals surface area contributed by atoms with Crippen LogP contribution in [0, 0.1) is 6.92 Å². The topological polar surface area (TPSA) is 70.7 Å². The molecule has 1 aromatic carbocycles. The molecular formula is C21H25NO4. The Morgan fingerprint density at radius 1 is 1.27 bits per heavy atom. The highest BCUT2D eigenvalue weighted by Gasteiger charge is 2.32. The molecule has 1 N–H and O–H groups in total. The van der Waals surface area contributed by atoms with E-state index in [0.29, 0.717) is 11.1 Å². The van der Waals surface area contributed by atoms with Gasteiger partial charge >= 0.3 is 5.97 Å². The van der Waals surface area contributed by atoms with Crippen molar-refractivity contribution < 1.29 is 19.1 Å². The molecule has 0 saturated carbocycles. The number of carbonyl (C=O) groups is 2. The number of nitrogens with zero attached hydrogens (tertiary/aromatic N) is 1. The van der Waals surface area contributed by atoms with Gasteiger partial charge in [0.1, 0.15) is 12.2 Å². The van der Waals surface area contributed by atoms with Crippen LogP contribution in [0.1, 0.15) is 52.9 Å². The molecular weight excluding hydrogens is 330 g/mol. The number of carbonyl (C=O) groups excluding carboxylic acids is 1. The molecule has 26 heavy (non-hydrogen) atoms. The number of rotatable bonds is 7. The quantitative estimate of drug-likeness (QED) is 0.819. The first-order chi connectivity index (χ1) is 12.6. The predicted octanol–water partition coefficient (Wildman–Crippen LogP) is 3.84. The summed E-state index contributed by atoms with van der Waals surface area (Å²) >= 11 is 0. The van der Waals surface area contributed by atoms with Crippen LogP contribution in [0.5, 0.6) is 0 Å². The maximum Gasteiger partial charge on any atom is 0.311 e. The van der Waals surface area contributed by atoms with E-state index in [0.717, 1.165) is 38.6 Å². The Bertz CT molecular complexity index is 766. The van der Waals surface area contributed by atoms with E-state index in [1.165, 1.54) is 11.8 Å². The molecule has 1 fully saturated rings. The number of aliphatic carboxylic acids is 1. The fraction of sp³-hybridized carbons (Fsp3) is 0.429. The number of hydrogen-bond donors (Lipinski definition) is 1. The summed E-state index contributed by atoms with van der Waals surface area (Å²) in [6.45, 7) is 2.52. The van der Waals surface area contributed by atoms with Crippen LogP contribution in [0.3, 0.4) is 0 Å². The molecule has 5 nitrogen and oxygen atoms in total. The normalized spacial score (nSPS) is 16.8. The van der Waals surface area contributed by atoms with E-state index in [-0.39, 0.29) is 24.1 Å². The zero-order valence-electron chi connectivity index (χ0n) is 15.1. The Morgan fingerprint density at radius 2 is 2.04 bits per heavy atom. The highest BCUT2D eigenvalue weighted by Crippen LogP contribution is 2.27. The first kappa shape index (κ1) is 18.2. The zero-order valence-corrected chi connectivity index (χ0v) is 15.1. The second-order valence-corrected chi connectivity index (χ2v) is 6.96. The van der Waals surface area contributed by atoms with Crippen molar-refractivity contribution in [1.29, 1.82) is 0 Å². The minimum Gasteiger partial charge on any atom is -0.481 e. The summed E-state index contributed by atoms with van der Waals surface area (Å²) in [4.78, 5) is 26.0. The van der Waals surface area contributed by atoms with Gasteiger partial charge in [-0.1, -0.05) is 30.3 Å². The summed E-state index contributed by atoms with van der Waals surface area (Å²) in [7, 11) is 0. The second kappa shape index (κ2) is 8.21. The largest absolute Gasteiger partial charge is 0.481 e. The number of likely N-dealkylation sites (tertiary alicyclic amines) is 1. The van der Waals surface area contributed by atoms with Crippen LogP contribution in [0.4, 0.5) is 0 Å². The number of aryl methyl sites for hydroxylation is 2. The summed E-state index contributed by atoms with van der Waals surface area (Å²) in [6.07, 6.45) is 6.22. The van der Waals surface area contributed by atoms with Crippen molar-refractivity contribution in [1.82, 2.24) is 4.90 Å². The van der Waals surface area contributed by atoms with E-state index in [9.17, 15) is 9.59 Å². The molecule has 1 amide bonds. The molecule has 2 aromatic rings. The van der Waals surface area contributed by atoms with Gasteiger partial charge in [-0.25, -0.2) is 0 Å². The smallest absolute Gasteiger partial charge is 0.311 e. The molecule has 0 aliphatic carbocycles. The molecule has 0 radical (unpaired) electrons. The minimum atomic E-state index is -0.991. The first-order valence-electron chi connectivity index (χ1n) is 9.20. The Labute approximate surface area is 153 Å². The van der Waals surface area contributed by atoms with Crippen LogP contribution < -0.4 is 0 Å². The number of amides is 1. The van der Waals surface area contributed by atoms with Crippen molar-refractivity contribution in [3.05, 3.63) is 59.0 Å². The third-order valence-corrected chi connectivity index (χ3v) is 5.06. The van der Waals surface area contributed by atoms with Gasteiger partial charge in [-0.3, -0.25) is 9.59 Å². The average molecular weight is 355 g/mol. The SMILES string of the molecule is Cc1coc(CC(=O)O)c1C(=O)N1CCCC1CCCc1ccccc1. The number of hydrogen-bond acceptors (Lipinski definition) is 3. The number of furan rings is 1. The van der Waals surface area contributed by atoms with E-state index in [1.807, 2.05) is 23.1 Å². The molecule has 1 saturated heterocycles. The summed E-state index contributed by atoms with van der Waals surface area (Å²) in [5.41, 5.74) is 2.46. The zero-order chi connectivity index (χ0) is 18.5. The molecule has 2 heterocycles. The minimum absolute atomic E-state index is 0.0882. The van der Waals surface area contributed by atoms with Gasteiger partial charge in [0.15, 0.2) is 0 Å². The van der Waals surface area contributed by atoms with Gasteiger partial charge in [-0.05, 0) is 44.6 Å². The molecule has 1 aromatic heterocycles. The van der Waals surface area contributed by atoms with Gasteiger partial charge in [-0.15, -0.1) is 0 Å². The van der Waals surface area contributed by atoms with Crippen molar-refractivity contribution >= 4 is 11.9 Å². The Balaban J connectivity index is 1.65. The van der Waals surface area contributed by atoms with Crippen LogP contribution in [0.25, 0.3) is 0 Å². The van der Waals surface area contributed by atoms with Crippen LogP contribution in [-0.2, 0) is 17.6 Å².